The van der Waals surface area contributed by atoms with Crippen LogP contribution in [0.2, 0.25) is 0 Å². The first-order valence-electron chi connectivity index (χ1n) is 6.30. The van der Waals surface area contributed by atoms with Crippen molar-refractivity contribution in [3.05, 3.63) is 71.0 Å². The summed E-state index contributed by atoms with van der Waals surface area (Å²) in [6.07, 6.45) is 1.04. The van der Waals surface area contributed by atoms with E-state index in [2.05, 4.69) is 36.5 Å². The summed E-state index contributed by atoms with van der Waals surface area (Å²) in [5.74, 6) is -0.248. The second-order valence-electron chi connectivity index (χ2n) is 4.36. The third kappa shape index (κ3) is 3.86. The van der Waals surface area contributed by atoms with Gasteiger partial charge in [-0.15, -0.1) is 0 Å². The monoisotopic (exact) mass is 273 g/mol. The fourth-order valence-electron chi connectivity index (χ4n) is 1.78. The molecule has 0 spiro atoms. The average Bonchev–Trinajstić information content (AvgIpc) is 2.46. The Kier molecular flexibility index (Phi) is 4.63. The Bertz CT molecular complexity index is 546. The molecule has 98 valence electrons. The van der Waals surface area contributed by atoms with Crippen LogP contribution in [0, 0.1) is 5.82 Å². The van der Waals surface area contributed by atoms with Crippen LogP contribution >= 0.6 is 12.2 Å². The van der Waals surface area contributed by atoms with Gasteiger partial charge < -0.3 is 5.32 Å². The minimum absolute atomic E-state index is 0.248. The molecule has 19 heavy (non-hydrogen) atoms. The molecule has 0 fully saturated rings. The molecule has 1 N–H and O–H groups in total. The SMILES string of the molecule is CCc1ccc(CNC(=S)c2ccc(F)cc2)cc1. The molecule has 2 rings (SSSR count). The topological polar surface area (TPSA) is 12.0 Å². The molecule has 0 bridgehead atoms. The summed E-state index contributed by atoms with van der Waals surface area (Å²) < 4.78 is 12.8. The van der Waals surface area contributed by atoms with Crippen molar-refractivity contribution in [2.24, 2.45) is 0 Å². The summed E-state index contributed by atoms with van der Waals surface area (Å²) in [7, 11) is 0. The van der Waals surface area contributed by atoms with E-state index in [-0.39, 0.29) is 5.82 Å². The minimum atomic E-state index is -0.248. The highest BCUT2D eigenvalue weighted by Gasteiger charge is 2.01. The van der Waals surface area contributed by atoms with Gasteiger partial charge in [0.1, 0.15) is 10.8 Å². The normalized spacial score (nSPS) is 10.2. The van der Waals surface area contributed by atoms with Gasteiger partial charge in [0, 0.05) is 12.1 Å². The Morgan fingerprint density at radius 2 is 1.58 bits per heavy atom. The molecule has 0 aliphatic heterocycles. The van der Waals surface area contributed by atoms with Crippen molar-refractivity contribution in [3.63, 3.8) is 0 Å². The van der Waals surface area contributed by atoms with Gasteiger partial charge in [-0.2, -0.15) is 0 Å². The predicted molar refractivity (Wildman–Crippen MR) is 80.8 cm³/mol. The first kappa shape index (κ1) is 13.7. The highest BCUT2D eigenvalue weighted by atomic mass is 32.1. The van der Waals surface area contributed by atoms with E-state index in [0.29, 0.717) is 11.5 Å². The standard InChI is InChI=1S/C16H16FNS/c1-2-12-3-5-13(6-4-12)11-18-16(19)14-7-9-15(17)10-8-14/h3-10H,2,11H2,1H3,(H,18,19). The van der Waals surface area contributed by atoms with E-state index in [4.69, 9.17) is 12.2 Å². The molecule has 0 radical (unpaired) electrons. The van der Waals surface area contributed by atoms with Gasteiger partial charge >= 0.3 is 0 Å². The van der Waals surface area contributed by atoms with Crippen LogP contribution < -0.4 is 5.32 Å². The molecule has 2 aromatic carbocycles. The lowest BCUT2D eigenvalue weighted by Gasteiger charge is -2.08. The quantitative estimate of drug-likeness (QED) is 0.849. The van der Waals surface area contributed by atoms with Crippen LogP contribution in [-0.4, -0.2) is 4.99 Å². The first-order chi connectivity index (χ1) is 9.19. The van der Waals surface area contributed by atoms with E-state index in [0.717, 1.165) is 12.0 Å². The molecule has 0 aliphatic rings. The lowest BCUT2D eigenvalue weighted by Crippen LogP contribution is -2.21. The number of halogens is 1. The van der Waals surface area contributed by atoms with Crippen LogP contribution in [0.1, 0.15) is 23.6 Å². The molecule has 0 saturated carbocycles. The maximum atomic E-state index is 12.8. The number of hydrogen-bond donors (Lipinski definition) is 1. The fraction of sp³-hybridized carbons (Fsp3) is 0.188. The van der Waals surface area contributed by atoms with Crippen LogP contribution in [0.3, 0.4) is 0 Å². The molecular weight excluding hydrogens is 257 g/mol. The largest absolute Gasteiger partial charge is 0.372 e. The Balaban J connectivity index is 1.94. The molecule has 0 amide bonds. The van der Waals surface area contributed by atoms with Gasteiger partial charge in [0.25, 0.3) is 0 Å². The molecule has 0 unspecified atom stereocenters. The van der Waals surface area contributed by atoms with Gasteiger partial charge in [0.15, 0.2) is 0 Å². The number of benzene rings is 2. The van der Waals surface area contributed by atoms with Crippen molar-refractivity contribution in [2.45, 2.75) is 19.9 Å². The molecule has 2 aromatic rings. The molecule has 0 aromatic heterocycles. The molecule has 0 saturated heterocycles. The molecular formula is C16H16FNS. The van der Waals surface area contributed by atoms with E-state index in [1.165, 1.54) is 23.3 Å². The summed E-state index contributed by atoms with van der Waals surface area (Å²) in [6, 6.07) is 14.6. The second kappa shape index (κ2) is 6.43. The zero-order chi connectivity index (χ0) is 13.7. The van der Waals surface area contributed by atoms with Gasteiger partial charge in [0.05, 0.1) is 0 Å². The van der Waals surface area contributed by atoms with Crippen LogP contribution in [0.25, 0.3) is 0 Å². The highest BCUT2D eigenvalue weighted by molar-refractivity contribution is 7.80. The highest BCUT2D eigenvalue weighted by Crippen LogP contribution is 2.07. The molecule has 3 heteroatoms. The van der Waals surface area contributed by atoms with Gasteiger partial charge in [-0.25, -0.2) is 4.39 Å². The van der Waals surface area contributed by atoms with Gasteiger partial charge in [-0.3, -0.25) is 0 Å². The van der Waals surface area contributed by atoms with Crippen LogP contribution in [0.5, 0.6) is 0 Å². The zero-order valence-electron chi connectivity index (χ0n) is 10.8. The zero-order valence-corrected chi connectivity index (χ0v) is 11.6. The first-order valence-corrected chi connectivity index (χ1v) is 6.71. The van der Waals surface area contributed by atoms with E-state index >= 15 is 0 Å². The van der Waals surface area contributed by atoms with Gasteiger partial charge in [-0.1, -0.05) is 43.4 Å². The number of hydrogen-bond acceptors (Lipinski definition) is 1. The Hall–Kier alpha value is -1.74. The lowest BCUT2D eigenvalue weighted by molar-refractivity contribution is 0.627. The Labute approximate surface area is 118 Å². The number of rotatable bonds is 4. The van der Waals surface area contributed by atoms with Gasteiger partial charge in [0.2, 0.25) is 0 Å². The van der Waals surface area contributed by atoms with Crippen molar-refractivity contribution >= 4 is 17.2 Å². The summed E-state index contributed by atoms with van der Waals surface area (Å²) in [5.41, 5.74) is 3.34. The fourth-order valence-corrected chi connectivity index (χ4v) is 1.99. The van der Waals surface area contributed by atoms with Gasteiger partial charge in [-0.05, 0) is 41.8 Å². The van der Waals surface area contributed by atoms with Crippen molar-refractivity contribution in [2.75, 3.05) is 0 Å². The molecule has 0 heterocycles. The average molecular weight is 273 g/mol. The molecule has 0 atom stereocenters. The smallest absolute Gasteiger partial charge is 0.123 e. The Morgan fingerprint density at radius 1 is 1.00 bits per heavy atom. The van der Waals surface area contributed by atoms with E-state index < -0.39 is 0 Å². The second-order valence-corrected chi connectivity index (χ2v) is 4.77. The maximum Gasteiger partial charge on any atom is 0.123 e. The Morgan fingerprint density at radius 3 is 2.16 bits per heavy atom. The van der Waals surface area contributed by atoms with Crippen molar-refractivity contribution < 1.29 is 4.39 Å². The van der Waals surface area contributed by atoms with Crippen LogP contribution in [0.15, 0.2) is 48.5 Å². The number of aryl methyl sites for hydroxylation is 1. The molecule has 1 nitrogen and oxygen atoms in total. The van der Waals surface area contributed by atoms with E-state index in [9.17, 15) is 4.39 Å². The number of thiocarbonyl (C=S) groups is 1. The van der Waals surface area contributed by atoms with E-state index in [1.54, 1.807) is 12.1 Å². The van der Waals surface area contributed by atoms with Crippen LogP contribution in [-0.2, 0) is 13.0 Å². The summed E-state index contributed by atoms with van der Waals surface area (Å²) in [5, 5.41) is 3.18. The van der Waals surface area contributed by atoms with Crippen molar-refractivity contribution in [3.8, 4) is 0 Å². The summed E-state index contributed by atoms with van der Waals surface area (Å²) in [4.78, 5) is 0.638. The van der Waals surface area contributed by atoms with Crippen molar-refractivity contribution in [1.29, 1.82) is 0 Å². The van der Waals surface area contributed by atoms with Crippen molar-refractivity contribution in [1.82, 2.24) is 5.32 Å². The lowest BCUT2D eigenvalue weighted by atomic mass is 10.1. The van der Waals surface area contributed by atoms with E-state index in [1.807, 2.05) is 0 Å². The summed E-state index contributed by atoms with van der Waals surface area (Å²) in [6.45, 7) is 2.82. The third-order valence-electron chi connectivity index (χ3n) is 2.99. The molecule has 0 aliphatic carbocycles. The minimum Gasteiger partial charge on any atom is -0.372 e. The predicted octanol–water partition coefficient (Wildman–Crippen LogP) is 3.85. The number of nitrogens with one attached hydrogen (secondary N) is 1. The maximum absolute atomic E-state index is 12.8. The van der Waals surface area contributed by atoms with Crippen LogP contribution in [0.4, 0.5) is 4.39 Å². The summed E-state index contributed by atoms with van der Waals surface area (Å²) >= 11 is 5.28. The third-order valence-corrected chi connectivity index (χ3v) is 3.37.